The Morgan fingerprint density at radius 1 is 0.704 bits per heavy atom. The Morgan fingerprint density at radius 3 is 1.96 bits per heavy atom. The monoisotopic (exact) mass is 359 g/mol. The van der Waals surface area contributed by atoms with Crippen molar-refractivity contribution in [2.24, 2.45) is 0 Å². The van der Waals surface area contributed by atoms with Crippen molar-refractivity contribution in [1.29, 1.82) is 0 Å². The molecule has 0 radical (unpaired) electrons. The molecule has 0 atom stereocenters. The zero-order valence-corrected chi connectivity index (χ0v) is 14.0. The van der Waals surface area contributed by atoms with Crippen molar-refractivity contribution in [3.05, 3.63) is 84.4 Å². The van der Waals surface area contributed by atoms with Gasteiger partial charge >= 0.3 is 5.65 Å². The zero-order chi connectivity index (χ0) is 18.4. The summed E-state index contributed by atoms with van der Waals surface area (Å²) in [4.78, 5) is 12.7. The van der Waals surface area contributed by atoms with E-state index in [1.807, 2.05) is 28.8 Å². The molecule has 4 nitrogen and oxygen atoms in total. The smallest absolute Gasteiger partial charge is 0.251 e. The van der Waals surface area contributed by atoms with Gasteiger partial charge in [-0.15, -0.1) is 0 Å². The van der Waals surface area contributed by atoms with Gasteiger partial charge < -0.3 is 0 Å². The second-order valence-corrected chi connectivity index (χ2v) is 6.18. The number of aromatic nitrogens is 4. The maximum Gasteiger partial charge on any atom is 0.328 e. The van der Waals surface area contributed by atoms with Crippen LogP contribution in [0, 0.1) is 11.6 Å². The summed E-state index contributed by atoms with van der Waals surface area (Å²) in [5.74, 6) is 0.0520. The highest BCUT2D eigenvalue weighted by molar-refractivity contribution is 5.82. The molecule has 2 heterocycles. The fourth-order valence-corrected chi connectivity index (χ4v) is 3.16. The van der Waals surface area contributed by atoms with Crippen molar-refractivity contribution in [2.45, 2.75) is 0 Å². The number of halogens is 2. The Hall–Kier alpha value is -3.67. The molecule has 5 rings (SSSR count). The van der Waals surface area contributed by atoms with Gasteiger partial charge in [-0.25, -0.2) is 13.8 Å². The lowest BCUT2D eigenvalue weighted by molar-refractivity contribution is -0.556. The molecule has 0 fully saturated rings. The van der Waals surface area contributed by atoms with Crippen LogP contribution in [0.25, 0.3) is 39.4 Å². The third kappa shape index (κ3) is 2.62. The molecule has 0 aliphatic heterocycles. The third-order valence-corrected chi connectivity index (χ3v) is 4.43. The van der Waals surface area contributed by atoms with E-state index in [1.165, 1.54) is 24.3 Å². The van der Waals surface area contributed by atoms with E-state index in [1.54, 1.807) is 24.3 Å². The minimum Gasteiger partial charge on any atom is -0.251 e. The van der Waals surface area contributed by atoms with Gasteiger partial charge in [-0.1, -0.05) is 17.1 Å². The molecule has 0 saturated carbocycles. The molecule has 0 unspecified atom stereocenters. The zero-order valence-electron chi connectivity index (χ0n) is 14.0. The Balaban J connectivity index is 1.86. The summed E-state index contributed by atoms with van der Waals surface area (Å²) < 4.78 is 28.7. The van der Waals surface area contributed by atoms with Crippen molar-refractivity contribution in [1.82, 2.24) is 15.0 Å². The maximum absolute atomic E-state index is 13.4. The summed E-state index contributed by atoms with van der Waals surface area (Å²) in [6.07, 6.45) is 0. The standard InChI is InChI=1S/C21H12F2N4/c22-14-7-5-13(6-8-14)20-26-19-21(25-18-4-2-1-3-17(18)24-19)27(20)16-11-9-15(23)10-12-16/h1-12H/p+1. The van der Waals surface area contributed by atoms with Crippen molar-refractivity contribution in [2.75, 3.05) is 0 Å². The first-order chi connectivity index (χ1) is 13.2. The van der Waals surface area contributed by atoms with E-state index in [-0.39, 0.29) is 11.6 Å². The predicted molar refractivity (Wildman–Crippen MR) is 98.3 cm³/mol. The Bertz CT molecular complexity index is 1280. The van der Waals surface area contributed by atoms with Crippen LogP contribution in [0.1, 0.15) is 0 Å². The number of hydrogen-bond donors (Lipinski definition) is 1. The van der Waals surface area contributed by atoms with Crippen LogP contribution in [-0.4, -0.2) is 15.0 Å². The number of hydrogen-bond acceptors (Lipinski definition) is 2. The number of nitrogens with zero attached hydrogens (tertiary/aromatic N) is 3. The molecule has 5 aromatic rings. The second-order valence-electron chi connectivity index (χ2n) is 6.18. The normalized spacial score (nSPS) is 11.3. The number of H-pyrrole nitrogens is 1. The highest BCUT2D eigenvalue weighted by Gasteiger charge is 2.24. The third-order valence-electron chi connectivity index (χ3n) is 4.43. The minimum atomic E-state index is -0.320. The number of para-hydroxylation sites is 2. The molecule has 0 aliphatic carbocycles. The molecule has 130 valence electrons. The van der Waals surface area contributed by atoms with Crippen LogP contribution < -0.4 is 4.57 Å². The van der Waals surface area contributed by atoms with Crippen molar-refractivity contribution >= 4 is 22.3 Å². The molecule has 0 bridgehead atoms. The van der Waals surface area contributed by atoms with Gasteiger partial charge in [-0.3, -0.25) is 4.98 Å². The minimum absolute atomic E-state index is 0.315. The van der Waals surface area contributed by atoms with Crippen molar-refractivity contribution in [3.63, 3.8) is 0 Å². The van der Waals surface area contributed by atoms with Gasteiger partial charge in [0.1, 0.15) is 22.8 Å². The van der Waals surface area contributed by atoms with Crippen LogP contribution in [0.5, 0.6) is 0 Å². The molecule has 0 spiro atoms. The summed E-state index contributed by atoms with van der Waals surface area (Å²) in [5.41, 5.74) is 4.22. The van der Waals surface area contributed by atoms with Gasteiger partial charge in [-0.05, 0) is 60.7 Å². The number of nitrogens with one attached hydrogen (secondary N) is 1. The number of benzene rings is 3. The van der Waals surface area contributed by atoms with Crippen LogP contribution in [0.4, 0.5) is 8.78 Å². The molecule has 2 aromatic heterocycles. The van der Waals surface area contributed by atoms with Crippen molar-refractivity contribution in [3.8, 4) is 17.1 Å². The Kier molecular flexibility index (Phi) is 3.43. The molecule has 1 N–H and O–H groups in total. The number of aromatic amines is 1. The first-order valence-electron chi connectivity index (χ1n) is 8.41. The number of fused-ring (bicyclic) bond motifs is 2. The lowest BCUT2D eigenvalue weighted by Crippen LogP contribution is -2.32. The van der Waals surface area contributed by atoms with E-state index in [4.69, 9.17) is 4.98 Å². The van der Waals surface area contributed by atoms with E-state index in [0.29, 0.717) is 17.1 Å². The summed E-state index contributed by atoms with van der Waals surface area (Å²) in [5, 5.41) is 0. The van der Waals surface area contributed by atoms with Crippen LogP contribution in [-0.2, 0) is 0 Å². The molecule has 0 aliphatic rings. The van der Waals surface area contributed by atoms with Gasteiger partial charge in [0.2, 0.25) is 5.82 Å². The molecule has 6 heteroatoms. The van der Waals surface area contributed by atoms with E-state index in [0.717, 1.165) is 22.3 Å². The highest BCUT2D eigenvalue weighted by Crippen LogP contribution is 2.22. The first-order valence-corrected chi connectivity index (χ1v) is 8.41. The second kappa shape index (κ2) is 5.95. The van der Waals surface area contributed by atoms with Gasteiger partial charge in [0.15, 0.2) is 5.52 Å². The van der Waals surface area contributed by atoms with Crippen LogP contribution >= 0.6 is 0 Å². The van der Waals surface area contributed by atoms with Crippen LogP contribution in [0.15, 0.2) is 72.8 Å². The summed E-state index contributed by atoms with van der Waals surface area (Å²) in [7, 11) is 0. The van der Waals surface area contributed by atoms with Gasteiger partial charge in [-0.2, -0.15) is 4.57 Å². The highest BCUT2D eigenvalue weighted by atomic mass is 19.1. The van der Waals surface area contributed by atoms with Gasteiger partial charge in [0, 0.05) is 5.56 Å². The summed E-state index contributed by atoms with van der Waals surface area (Å²) >= 11 is 0. The Morgan fingerprint density at radius 2 is 1.30 bits per heavy atom. The molecule has 27 heavy (non-hydrogen) atoms. The van der Waals surface area contributed by atoms with Gasteiger partial charge in [0.25, 0.3) is 5.65 Å². The van der Waals surface area contributed by atoms with Gasteiger partial charge in [0.05, 0.1) is 0 Å². The largest absolute Gasteiger partial charge is 0.328 e. The summed E-state index contributed by atoms with van der Waals surface area (Å²) in [6.45, 7) is 0. The fraction of sp³-hybridized carbons (Fsp3) is 0. The number of rotatable bonds is 2. The Labute approximate surface area is 152 Å². The maximum atomic E-state index is 13.4. The first kappa shape index (κ1) is 15.6. The lowest BCUT2D eigenvalue weighted by atomic mass is 10.2. The average molecular weight is 359 g/mol. The topological polar surface area (TPSA) is 45.5 Å². The molecule has 0 amide bonds. The summed E-state index contributed by atoms with van der Waals surface area (Å²) in [6, 6.07) is 19.9. The molecule has 3 aromatic carbocycles. The number of imidazole rings is 1. The lowest BCUT2D eigenvalue weighted by Gasteiger charge is -2.03. The molecular formula is C21H13F2N4+. The van der Waals surface area contributed by atoms with E-state index in [2.05, 4.69) is 9.97 Å². The quantitative estimate of drug-likeness (QED) is 0.477. The van der Waals surface area contributed by atoms with E-state index in [9.17, 15) is 8.78 Å². The average Bonchev–Trinajstić information content (AvgIpc) is 3.05. The SMILES string of the molecule is Fc1ccc(-c2[nH]c3nc4ccccc4nc3[n+]2-c2ccc(F)cc2)cc1. The molecule has 0 saturated heterocycles. The molecular weight excluding hydrogens is 346 g/mol. The van der Waals surface area contributed by atoms with E-state index < -0.39 is 0 Å². The van der Waals surface area contributed by atoms with Crippen LogP contribution in [0.3, 0.4) is 0 Å². The van der Waals surface area contributed by atoms with Crippen LogP contribution in [0.2, 0.25) is 0 Å². The fourth-order valence-electron chi connectivity index (χ4n) is 3.16. The predicted octanol–water partition coefficient (Wildman–Crippen LogP) is 4.33. The van der Waals surface area contributed by atoms with E-state index >= 15 is 0 Å². The van der Waals surface area contributed by atoms with Crippen molar-refractivity contribution < 1.29 is 13.3 Å².